The van der Waals surface area contributed by atoms with Crippen molar-refractivity contribution in [2.75, 3.05) is 0 Å². The van der Waals surface area contributed by atoms with Crippen LogP contribution in [0.25, 0.3) is 5.69 Å². The Morgan fingerprint density at radius 2 is 1.73 bits per heavy atom. The van der Waals surface area contributed by atoms with Crippen LogP contribution in [-0.4, -0.2) is 20.6 Å². The first-order valence-electron chi connectivity index (χ1n) is 10.6. The Bertz CT molecular complexity index is 1270. The van der Waals surface area contributed by atoms with Gasteiger partial charge >= 0.3 is 0 Å². The van der Waals surface area contributed by atoms with Gasteiger partial charge in [0.25, 0.3) is 0 Å². The van der Waals surface area contributed by atoms with E-state index in [9.17, 15) is 0 Å². The minimum absolute atomic E-state index is 0.669. The Kier molecular flexibility index (Phi) is 6.35. The third-order valence-corrected chi connectivity index (χ3v) is 6.68. The molecule has 0 aliphatic carbocycles. The second kappa shape index (κ2) is 9.70. The molecule has 0 atom stereocenters. The highest BCUT2D eigenvalue weighted by atomic mass is 35.5. The molecule has 0 saturated heterocycles. The molecule has 0 bridgehead atoms. The molecule has 8 heteroatoms. The van der Waals surface area contributed by atoms with E-state index in [1.165, 1.54) is 16.7 Å². The topological polar surface area (TPSA) is 57.5 Å². The van der Waals surface area contributed by atoms with Crippen LogP contribution < -0.4 is 11.1 Å². The first-order valence-corrected chi connectivity index (χ1v) is 12.0. The van der Waals surface area contributed by atoms with Gasteiger partial charge in [-0.1, -0.05) is 71.8 Å². The monoisotopic (exact) mass is 474 g/mol. The van der Waals surface area contributed by atoms with Gasteiger partial charge in [-0.15, -0.1) is 22.4 Å². The number of hydrogen-bond donors (Lipinski definition) is 2. The fraction of sp³-hybridized carbons (Fsp3) is 0.120. The lowest BCUT2D eigenvalue weighted by Gasteiger charge is -2.19. The van der Waals surface area contributed by atoms with Crippen LogP contribution in [0.3, 0.4) is 0 Å². The smallest absolute Gasteiger partial charge is 0.177 e. The summed E-state index contributed by atoms with van der Waals surface area (Å²) in [6.07, 6.45) is 1.87. The van der Waals surface area contributed by atoms with Crippen LogP contribution in [0.15, 0.2) is 95.2 Å². The Morgan fingerprint density at radius 1 is 0.939 bits per heavy atom. The molecule has 1 aliphatic heterocycles. The lowest BCUT2D eigenvalue weighted by atomic mass is 10.1. The van der Waals surface area contributed by atoms with E-state index in [1.807, 2.05) is 46.2 Å². The number of nitrogens with one attached hydrogen (secondary N) is 2. The molecule has 5 rings (SSSR count). The van der Waals surface area contributed by atoms with E-state index in [-0.39, 0.29) is 0 Å². The molecule has 3 aromatic carbocycles. The predicted molar refractivity (Wildman–Crippen MR) is 134 cm³/mol. The molecule has 2 N–H and O–H groups in total. The van der Waals surface area contributed by atoms with Crippen molar-refractivity contribution in [3.8, 4) is 5.69 Å². The fourth-order valence-corrected chi connectivity index (χ4v) is 4.88. The molecule has 1 aliphatic rings. The van der Waals surface area contributed by atoms with Gasteiger partial charge in [-0.25, -0.2) is 10.2 Å². The highest BCUT2D eigenvalue weighted by molar-refractivity contribution is 7.98. The predicted octanol–water partition coefficient (Wildman–Crippen LogP) is 5.31. The van der Waals surface area contributed by atoms with E-state index >= 15 is 0 Å². The normalized spacial score (nSPS) is 13.2. The summed E-state index contributed by atoms with van der Waals surface area (Å²) in [6, 6.07) is 26.6. The van der Waals surface area contributed by atoms with Gasteiger partial charge in [0.1, 0.15) is 5.03 Å². The number of halogens is 1. The molecule has 0 radical (unpaired) electrons. The number of hydrogen-bond acceptors (Lipinski definition) is 6. The summed E-state index contributed by atoms with van der Waals surface area (Å²) in [4.78, 5) is 0. The lowest BCUT2D eigenvalue weighted by molar-refractivity contribution is 0.288. The maximum absolute atomic E-state index is 6.12. The van der Waals surface area contributed by atoms with Gasteiger partial charge in [-0.05, 0) is 42.3 Å². The van der Waals surface area contributed by atoms with Crippen molar-refractivity contribution >= 4 is 29.2 Å². The molecule has 2 heterocycles. The van der Waals surface area contributed by atoms with Crippen LogP contribution in [0, 0.1) is 6.92 Å². The molecule has 0 spiro atoms. The molecular formula is C25H23ClN6S. The van der Waals surface area contributed by atoms with Gasteiger partial charge in [-0.3, -0.25) is 5.01 Å². The van der Waals surface area contributed by atoms with Crippen molar-refractivity contribution in [2.45, 2.75) is 24.2 Å². The van der Waals surface area contributed by atoms with Gasteiger partial charge < -0.3 is 0 Å². The van der Waals surface area contributed by atoms with Gasteiger partial charge in [-0.2, -0.15) is 5.10 Å². The number of hydrazone groups is 1. The zero-order valence-corrected chi connectivity index (χ0v) is 19.6. The number of benzene rings is 3. The molecule has 0 saturated carbocycles. The number of rotatable bonds is 7. The first-order chi connectivity index (χ1) is 16.2. The molecule has 4 aromatic rings. The van der Waals surface area contributed by atoms with Crippen molar-refractivity contribution in [1.29, 1.82) is 0 Å². The zero-order valence-electron chi connectivity index (χ0n) is 18.1. The SMILES string of the molecule is Cc1cccc(CN2NNN=C2c2cnn(-c3ccc(Cl)cc3)c2SCc2ccccc2)c1. The molecule has 0 fully saturated rings. The lowest BCUT2D eigenvalue weighted by Crippen LogP contribution is -2.40. The van der Waals surface area contributed by atoms with Gasteiger partial charge in [0.15, 0.2) is 5.84 Å². The van der Waals surface area contributed by atoms with Crippen LogP contribution in [0.2, 0.25) is 5.02 Å². The van der Waals surface area contributed by atoms with E-state index in [4.69, 9.17) is 16.7 Å². The van der Waals surface area contributed by atoms with Crippen molar-refractivity contribution in [3.63, 3.8) is 0 Å². The van der Waals surface area contributed by atoms with Crippen LogP contribution in [0.4, 0.5) is 0 Å². The molecule has 1 aromatic heterocycles. The molecule has 6 nitrogen and oxygen atoms in total. The average Bonchev–Trinajstić information content (AvgIpc) is 3.45. The number of aromatic nitrogens is 2. The second-order valence-corrected chi connectivity index (χ2v) is 9.16. The summed E-state index contributed by atoms with van der Waals surface area (Å²) in [7, 11) is 0. The number of aryl methyl sites for hydroxylation is 1. The summed E-state index contributed by atoms with van der Waals surface area (Å²) in [5.41, 5.74) is 11.6. The minimum atomic E-state index is 0.669. The highest BCUT2D eigenvalue weighted by Crippen LogP contribution is 2.31. The summed E-state index contributed by atoms with van der Waals surface area (Å²) >= 11 is 7.85. The minimum Gasteiger partial charge on any atom is -0.266 e. The van der Waals surface area contributed by atoms with Gasteiger partial charge in [0.2, 0.25) is 0 Å². The van der Waals surface area contributed by atoms with Crippen molar-refractivity contribution in [2.24, 2.45) is 5.10 Å². The van der Waals surface area contributed by atoms with Crippen LogP contribution in [-0.2, 0) is 12.3 Å². The Morgan fingerprint density at radius 3 is 2.52 bits per heavy atom. The van der Waals surface area contributed by atoms with E-state index in [2.05, 4.69) is 71.6 Å². The standard InChI is InChI=1S/C25H23ClN6S/c1-18-6-5-9-20(14-18)16-31-24(28-29-30-31)23-15-27-32(22-12-10-21(26)11-13-22)25(23)33-17-19-7-3-2-4-8-19/h2-15,29-30H,16-17H2,1H3. The summed E-state index contributed by atoms with van der Waals surface area (Å²) in [6.45, 7) is 2.77. The second-order valence-electron chi connectivity index (χ2n) is 7.76. The fourth-order valence-electron chi connectivity index (χ4n) is 3.69. The number of amidine groups is 1. The van der Waals surface area contributed by atoms with E-state index in [1.54, 1.807) is 11.8 Å². The van der Waals surface area contributed by atoms with Crippen molar-refractivity contribution < 1.29 is 0 Å². The molecule has 0 amide bonds. The van der Waals surface area contributed by atoms with Crippen molar-refractivity contribution in [1.82, 2.24) is 25.9 Å². The first kappa shape index (κ1) is 21.6. The number of hydrazine groups is 2. The molecule has 33 heavy (non-hydrogen) atoms. The Hall–Kier alpha value is -3.26. The Balaban J connectivity index is 1.48. The zero-order chi connectivity index (χ0) is 22.6. The van der Waals surface area contributed by atoms with E-state index < -0.39 is 0 Å². The number of thioether (sulfide) groups is 1. The van der Waals surface area contributed by atoms with Crippen molar-refractivity contribution in [3.05, 3.63) is 112 Å². The summed E-state index contributed by atoms with van der Waals surface area (Å²) in [5.74, 6) is 1.62. The molecule has 166 valence electrons. The maximum atomic E-state index is 6.12. The summed E-state index contributed by atoms with van der Waals surface area (Å²) < 4.78 is 1.95. The average molecular weight is 475 g/mol. The van der Waals surface area contributed by atoms with Gasteiger partial charge in [0.05, 0.1) is 24.0 Å². The highest BCUT2D eigenvalue weighted by Gasteiger charge is 2.25. The third-order valence-electron chi connectivity index (χ3n) is 5.28. The molecular weight excluding hydrogens is 452 g/mol. The quantitative estimate of drug-likeness (QED) is 0.355. The largest absolute Gasteiger partial charge is 0.266 e. The van der Waals surface area contributed by atoms with Gasteiger partial charge in [0, 0.05) is 10.8 Å². The number of nitrogens with zero attached hydrogens (tertiary/aromatic N) is 4. The molecule has 0 unspecified atom stereocenters. The third kappa shape index (κ3) is 4.90. The summed E-state index contributed by atoms with van der Waals surface area (Å²) in [5, 5.41) is 13.0. The Labute approximate surface area is 202 Å². The van der Waals surface area contributed by atoms with Crippen LogP contribution in [0.5, 0.6) is 0 Å². The van der Waals surface area contributed by atoms with E-state index in [0.29, 0.717) is 11.6 Å². The van der Waals surface area contributed by atoms with Crippen LogP contribution in [0.1, 0.15) is 22.3 Å². The van der Waals surface area contributed by atoms with E-state index in [0.717, 1.165) is 27.9 Å². The maximum Gasteiger partial charge on any atom is 0.177 e. The van der Waals surface area contributed by atoms with Crippen LogP contribution >= 0.6 is 23.4 Å².